The van der Waals surface area contributed by atoms with E-state index >= 15 is 0 Å². The van der Waals surface area contributed by atoms with Crippen LogP contribution in [0.3, 0.4) is 0 Å². The van der Waals surface area contributed by atoms with Crippen LogP contribution in [0.1, 0.15) is 24.5 Å². The number of para-hydroxylation sites is 1. The number of aryl methyl sites for hydroxylation is 2. The van der Waals surface area contributed by atoms with Gasteiger partial charge in [0, 0.05) is 31.9 Å². The zero-order valence-electron chi connectivity index (χ0n) is 20.5. The van der Waals surface area contributed by atoms with E-state index in [1.165, 1.54) is 4.90 Å². The number of aliphatic hydroxyl groups is 1. The minimum atomic E-state index is -1.26. The molecule has 2 saturated heterocycles. The third-order valence-corrected chi connectivity index (χ3v) is 7.79. The molecule has 4 heterocycles. The second-order valence-corrected chi connectivity index (χ2v) is 9.90. The summed E-state index contributed by atoms with van der Waals surface area (Å²) in [7, 11) is 0. The lowest BCUT2D eigenvalue weighted by atomic mass is 9.77. The number of rotatable bonds is 5. The topological polar surface area (TPSA) is 90.4 Å². The maximum Gasteiger partial charge on any atom is 0.253 e. The first-order valence-electron chi connectivity index (χ1n) is 12.5. The Morgan fingerprint density at radius 2 is 1.77 bits per heavy atom. The van der Waals surface area contributed by atoms with Crippen LogP contribution in [0.25, 0.3) is 0 Å². The number of amides is 3. The lowest BCUT2D eigenvalue weighted by Crippen LogP contribution is -2.56. The van der Waals surface area contributed by atoms with E-state index in [1.54, 1.807) is 9.80 Å². The molecule has 0 bridgehead atoms. The SMILES string of the molecule is CCCN1CC=C[C@@H]2O[C@]34C=CCN(c5c(C)cccc5C)C(=O)C3N(CCO)C(=O)[C@@H]4[C@@H]2C1=O. The van der Waals surface area contributed by atoms with Crippen LogP contribution in [0.15, 0.2) is 42.5 Å². The van der Waals surface area contributed by atoms with E-state index in [-0.39, 0.29) is 30.9 Å². The second kappa shape index (κ2) is 8.91. The van der Waals surface area contributed by atoms with Crippen LogP contribution in [0, 0.1) is 25.7 Å². The summed E-state index contributed by atoms with van der Waals surface area (Å²) in [6, 6.07) is 4.92. The Morgan fingerprint density at radius 3 is 2.46 bits per heavy atom. The summed E-state index contributed by atoms with van der Waals surface area (Å²) in [5.74, 6) is -2.20. The van der Waals surface area contributed by atoms with Crippen molar-refractivity contribution < 1.29 is 24.2 Å². The molecule has 0 radical (unpaired) electrons. The van der Waals surface area contributed by atoms with Gasteiger partial charge in [-0.3, -0.25) is 14.4 Å². The molecule has 35 heavy (non-hydrogen) atoms. The van der Waals surface area contributed by atoms with Crippen molar-refractivity contribution in [3.05, 3.63) is 53.6 Å². The molecule has 4 aliphatic heterocycles. The first kappa shape index (κ1) is 23.8. The quantitative estimate of drug-likeness (QED) is 0.648. The number of nitrogens with zero attached hydrogens (tertiary/aromatic N) is 3. The molecule has 0 aliphatic carbocycles. The average molecular weight is 480 g/mol. The van der Waals surface area contributed by atoms with Crippen LogP contribution in [-0.2, 0) is 19.1 Å². The van der Waals surface area contributed by atoms with Crippen molar-refractivity contribution in [3.63, 3.8) is 0 Å². The van der Waals surface area contributed by atoms with Crippen molar-refractivity contribution in [3.8, 4) is 0 Å². The van der Waals surface area contributed by atoms with Gasteiger partial charge in [0.05, 0.1) is 24.5 Å². The second-order valence-electron chi connectivity index (χ2n) is 9.90. The van der Waals surface area contributed by atoms with Gasteiger partial charge in [0.2, 0.25) is 11.8 Å². The van der Waals surface area contributed by atoms with Gasteiger partial charge in [0.1, 0.15) is 11.6 Å². The number of carbonyl (C=O) groups is 3. The average Bonchev–Trinajstić information content (AvgIpc) is 3.13. The third-order valence-electron chi connectivity index (χ3n) is 7.79. The number of aliphatic hydroxyl groups excluding tert-OH is 1. The Morgan fingerprint density at radius 1 is 1.03 bits per heavy atom. The van der Waals surface area contributed by atoms with E-state index in [4.69, 9.17) is 4.74 Å². The van der Waals surface area contributed by atoms with Crippen molar-refractivity contribution in [1.29, 1.82) is 0 Å². The van der Waals surface area contributed by atoms with Gasteiger partial charge in [-0.1, -0.05) is 49.4 Å². The number of carbonyl (C=O) groups excluding carboxylic acids is 3. The fourth-order valence-corrected chi connectivity index (χ4v) is 6.44. The van der Waals surface area contributed by atoms with Crippen LogP contribution in [-0.4, -0.2) is 83.2 Å². The van der Waals surface area contributed by atoms with Gasteiger partial charge in [0.15, 0.2) is 0 Å². The predicted molar refractivity (Wildman–Crippen MR) is 131 cm³/mol. The van der Waals surface area contributed by atoms with E-state index in [1.807, 2.05) is 63.3 Å². The van der Waals surface area contributed by atoms with Gasteiger partial charge in [0.25, 0.3) is 5.91 Å². The van der Waals surface area contributed by atoms with E-state index < -0.39 is 29.6 Å². The smallest absolute Gasteiger partial charge is 0.253 e. The summed E-state index contributed by atoms with van der Waals surface area (Å²) in [5.41, 5.74) is 1.47. The highest BCUT2D eigenvalue weighted by Crippen LogP contribution is 2.53. The van der Waals surface area contributed by atoms with E-state index in [0.717, 1.165) is 23.2 Å². The fraction of sp³-hybridized carbons (Fsp3) is 0.519. The monoisotopic (exact) mass is 479 g/mol. The molecular formula is C27H33N3O5. The van der Waals surface area contributed by atoms with Crippen LogP contribution >= 0.6 is 0 Å². The third kappa shape index (κ3) is 3.45. The number of β-amino-alcohol motifs (C(OH)–C–C–N with tert-alkyl or cyclic N) is 1. The molecule has 8 heteroatoms. The molecule has 0 saturated carbocycles. The summed E-state index contributed by atoms with van der Waals surface area (Å²) in [6.07, 6.45) is 7.74. The normalized spacial score (nSPS) is 32.0. The zero-order chi connectivity index (χ0) is 24.9. The molecule has 1 aromatic rings. The molecule has 0 aromatic heterocycles. The van der Waals surface area contributed by atoms with Gasteiger partial charge in [-0.25, -0.2) is 0 Å². The largest absolute Gasteiger partial charge is 0.395 e. The van der Waals surface area contributed by atoms with Crippen LogP contribution < -0.4 is 4.90 Å². The van der Waals surface area contributed by atoms with Crippen molar-refractivity contribution in [1.82, 2.24) is 9.80 Å². The van der Waals surface area contributed by atoms with Crippen molar-refractivity contribution >= 4 is 23.4 Å². The highest BCUT2D eigenvalue weighted by atomic mass is 16.5. The summed E-state index contributed by atoms with van der Waals surface area (Å²) >= 11 is 0. The van der Waals surface area contributed by atoms with Gasteiger partial charge in [-0.05, 0) is 31.4 Å². The van der Waals surface area contributed by atoms with E-state index in [2.05, 4.69) is 0 Å². The Kier molecular flexibility index (Phi) is 6.05. The molecule has 8 nitrogen and oxygen atoms in total. The van der Waals surface area contributed by atoms with E-state index in [0.29, 0.717) is 19.6 Å². The lowest BCUT2D eigenvalue weighted by Gasteiger charge is -2.35. The van der Waals surface area contributed by atoms with Gasteiger partial charge < -0.3 is 24.5 Å². The molecule has 1 unspecified atom stereocenters. The highest BCUT2D eigenvalue weighted by Gasteiger charge is 2.71. The zero-order valence-corrected chi connectivity index (χ0v) is 20.5. The lowest BCUT2D eigenvalue weighted by molar-refractivity contribution is -0.144. The van der Waals surface area contributed by atoms with Gasteiger partial charge in [-0.15, -0.1) is 0 Å². The van der Waals surface area contributed by atoms with Crippen molar-refractivity contribution in [2.24, 2.45) is 11.8 Å². The maximum atomic E-state index is 14.2. The van der Waals surface area contributed by atoms with Crippen LogP contribution in [0.5, 0.6) is 0 Å². The number of fused-ring (bicyclic) bond motifs is 2. The predicted octanol–water partition coefficient (Wildman–Crippen LogP) is 1.59. The number of anilines is 1. The minimum Gasteiger partial charge on any atom is -0.395 e. The molecule has 2 fully saturated rings. The fourth-order valence-electron chi connectivity index (χ4n) is 6.44. The Labute approximate surface area is 205 Å². The van der Waals surface area contributed by atoms with Gasteiger partial charge >= 0.3 is 0 Å². The molecule has 3 amide bonds. The van der Waals surface area contributed by atoms with Gasteiger partial charge in [-0.2, -0.15) is 0 Å². The maximum absolute atomic E-state index is 14.2. The summed E-state index contributed by atoms with van der Waals surface area (Å²) < 4.78 is 6.59. The first-order chi connectivity index (χ1) is 16.9. The Bertz CT molecular complexity index is 1090. The van der Waals surface area contributed by atoms with Crippen LogP contribution in [0.2, 0.25) is 0 Å². The number of hydrogen-bond donors (Lipinski definition) is 1. The number of hydrogen-bond acceptors (Lipinski definition) is 5. The standard InChI is InChI=1S/C27H33N3O5/c1-4-12-28-13-6-10-19-20(24(28)32)21-25(33)30(15-16-31)23-26(34)29(14-7-11-27(21,23)35-19)22-17(2)8-5-9-18(22)3/h5-11,19-21,23,31H,4,12-16H2,1-3H3/t19-,20+,21-,23?,27-/m0/s1. The summed E-state index contributed by atoms with van der Waals surface area (Å²) in [5, 5.41) is 9.80. The Hall–Kier alpha value is -2.97. The summed E-state index contributed by atoms with van der Waals surface area (Å²) in [4.78, 5) is 46.7. The number of benzene rings is 1. The molecule has 4 aliphatic rings. The molecule has 1 spiro atoms. The first-order valence-corrected chi connectivity index (χ1v) is 12.5. The molecule has 1 N–H and O–H groups in total. The van der Waals surface area contributed by atoms with E-state index in [9.17, 15) is 19.5 Å². The Balaban J connectivity index is 1.62. The minimum absolute atomic E-state index is 0.00533. The number of likely N-dealkylation sites (tertiary alicyclic amines) is 1. The van der Waals surface area contributed by atoms with Crippen molar-refractivity contribution in [2.45, 2.75) is 44.9 Å². The molecule has 5 rings (SSSR count). The van der Waals surface area contributed by atoms with Crippen molar-refractivity contribution in [2.75, 3.05) is 37.7 Å². The molecule has 1 aromatic carbocycles. The van der Waals surface area contributed by atoms with Crippen LogP contribution in [0.4, 0.5) is 5.69 Å². The molecule has 5 atom stereocenters. The molecular weight excluding hydrogens is 446 g/mol. The highest BCUT2D eigenvalue weighted by molar-refractivity contribution is 6.06. The molecule has 186 valence electrons. The number of ether oxygens (including phenoxy) is 1. The summed E-state index contributed by atoms with van der Waals surface area (Å²) in [6.45, 7) is 7.07.